The first-order chi connectivity index (χ1) is 10.1. The van der Waals surface area contributed by atoms with Crippen LogP contribution in [-0.2, 0) is 6.54 Å². The molecule has 0 saturated carbocycles. The average molecular weight is 373 g/mol. The monoisotopic (exact) mass is 372 g/mol. The third-order valence-electron chi connectivity index (χ3n) is 2.55. The van der Waals surface area contributed by atoms with Gasteiger partial charge in [0.2, 0.25) is 11.9 Å². The van der Waals surface area contributed by atoms with Crippen LogP contribution in [-0.4, -0.2) is 28.6 Å². The third-order valence-corrected chi connectivity index (χ3v) is 4.10. The number of nitrogen functional groups attached to an aromatic ring is 1. The number of nitrogens with one attached hydrogen (secondary N) is 1. The van der Waals surface area contributed by atoms with Crippen molar-refractivity contribution in [2.24, 2.45) is 5.84 Å². The Morgan fingerprint density at radius 1 is 1.43 bits per heavy atom. The quantitative estimate of drug-likeness (QED) is 0.569. The molecule has 0 aliphatic rings. The van der Waals surface area contributed by atoms with Gasteiger partial charge in [0, 0.05) is 13.6 Å². The average Bonchev–Trinajstić information content (AvgIpc) is 2.89. The van der Waals surface area contributed by atoms with Gasteiger partial charge in [0.25, 0.3) is 0 Å². The smallest absolute Gasteiger partial charge is 0.323 e. The molecular weight excluding hydrogens is 356 g/mol. The zero-order chi connectivity index (χ0) is 15.2. The minimum absolute atomic E-state index is 0.271. The van der Waals surface area contributed by atoms with Crippen molar-refractivity contribution in [3.63, 3.8) is 0 Å². The lowest BCUT2D eigenvalue weighted by molar-refractivity contribution is 0.292. The van der Waals surface area contributed by atoms with E-state index in [4.69, 9.17) is 10.6 Å². The van der Waals surface area contributed by atoms with Gasteiger partial charge in [-0.05, 0) is 39.4 Å². The highest BCUT2D eigenvalue weighted by Crippen LogP contribution is 2.23. The second-order valence-electron chi connectivity index (χ2n) is 4.35. The molecule has 0 saturated heterocycles. The minimum atomic E-state index is 0.271. The van der Waals surface area contributed by atoms with Gasteiger partial charge in [0.15, 0.2) is 0 Å². The van der Waals surface area contributed by atoms with Crippen LogP contribution in [0.5, 0.6) is 6.01 Å². The first kappa shape index (κ1) is 15.9. The first-order valence-corrected chi connectivity index (χ1v) is 8.09. The number of rotatable bonds is 7. The second-order valence-corrected chi connectivity index (χ2v) is 6.64. The molecule has 2 heterocycles. The van der Waals surface area contributed by atoms with Gasteiger partial charge in [-0.3, -0.25) is 5.43 Å². The van der Waals surface area contributed by atoms with E-state index >= 15 is 0 Å². The fourth-order valence-corrected chi connectivity index (χ4v) is 2.81. The Morgan fingerprint density at radius 3 is 2.86 bits per heavy atom. The lowest BCUT2D eigenvalue weighted by Crippen LogP contribution is -2.21. The Morgan fingerprint density at radius 2 is 2.24 bits per heavy atom. The number of nitrogens with two attached hydrogens (primary N) is 1. The molecular formula is C12H17BrN6OS. The maximum Gasteiger partial charge on any atom is 0.323 e. The number of ether oxygens (including phenoxy) is 1. The zero-order valence-corrected chi connectivity index (χ0v) is 14.2. The summed E-state index contributed by atoms with van der Waals surface area (Å²) in [6, 6.07) is 2.34. The van der Waals surface area contributed by atoms with Gasteiger partial charge in [-0.1, -0.05) is 6.92 Å². The Hall–Kier alpha value is -1.45. The molecule has 0 atom stereocenters. The Labute approximate surface area is 135 Å². The molecule has 2 rings (SSSR count). The highest BCUT2D eigenvalue weighted by Gasteiger charge is 2.12. The largest absolute Gasteiger partial charge is 0.463 e. The molecule has 0 spiro atoms. The SMILES string of the molecule is CCCOc1nc(NN)nc(N(C)Cc2csc(Br)c2)n1. The van der Waals surface area contributed by atoms with E-state index in [9.17, 15) is 0 Å². The zero-order valence-electron chi connectivity index (χ0n) is 11.8. The molecule has 0 aromatic carbocycles. The van der Waals surface area contributed by atoms with Gasteiger partial charge in [-0.25, -0.2) is 5.84 Å². The van der Waals surface area contributed by atoms with E-state index in [1.807, 2.05) is 18.9 Å². The van der Waals surface area contributed by atoms with E-state index in [1.165, 1.54) is 5.56 Å². The van der Waals surface area contributed by atoms with Crippen LogP contribution in [0.15, 0.2) is 15.2 Å². The Kier molecular flexibility index (Phi) is 5.71. The number of hydrogen-bond acceptors (Lipinski definition) is 8. The van der Waals surface area contributed by atoms with Crippen molar-refractivity contribution in [3.05, 3.63) is 20.8 Å². The van der Waals surface area contributed by atoms with Crippen LogP contribution in [0.3, 0.4) is 0 Å². The highest BCUT2D eigenvalue weighted by atomic mass is 79.9. The van der Waals surface area contributed by atoms with E-state index in [0.717, 1.165) is 10.2 Å². The summed E-state index contributed by atoms with van der Waals surface area (Å²) in [5.41, 5.74) is 3.61. The van der Waals surface area contributed by atoms with Crippen molar-refractivity contribution < 1.29 is 4.74 Å². The molecule has 7 nitrogen and oxygen atoms in total. The van der Waals surface area contributed by atoms with E-state index in [0.29, 0.717) is 19.1 Å². The van der Waals surface area contributed by atoms with E-state index < -0.39 is 0 Å². The maximum absolute atomic E-state index is 5.45. The van der Waals surface area contributed by atoms with Gasteiger partial charge in [0.1, 0.15) is 0 Å². The van der Waals surface area contributed by atoms with E-state index in [2.05, 4.69) is 47.8 Å². The van der Waals surface area contributed by atoms with Crippen LogP contribution < -0.4 is 20.9 Å². The lowest BCUT2D eigenvalue weighted by atomic mass is 10.3. The van der Waals surface area contributed by atoms with E-state index in [1.54, 1.807) is 11.3 Å². The molecule has 0 aliphatic carbocycles. The Bertz CT molecular complexity index is 593. The third kappa shape index (κ3) is 4.51. The molecule has 0 radical (unpaired) electrons. The molecule has 0 bridgehead atoms. The lowest BCUT2D eigenvalue weighted by Gasteiger charge is -2.17. The van der Waals surface area contributed by atoms with Crippen LogP contribution in [0.2, 0.25) is 0 Å². The van der Waals surface area contributed by atoms with Crippen molar-refractivity contribution in [3.8, 4) is 6.01 Å². The number of hydrazine groups is 1. The Balaban J connectivity index is 2.16. The standard InChI is InChI=1S/C12H17BrN6OS/c1-3-4-20-12-16-10(18-14)15-11(17-12)19(2)6-8-5-9(13)21-7-8/h5,7H,3-4,6,14H2,1-2H3,(H,15,16,17,18). The van der Waals surface area contributed by atoms with Gasteiger partial charge in [-0.15, -0.1) is 11.3 Å². The molecule has 0 fully saturated rings. The highest BCUT2D eigenvalue weighted by molar-refractivity contribution is 9.11. The topological polar surface area (TPSA) is 89.2 Å². The molecule has 114 valence electrons. The van der Waals surface area contributed by atoms with Gasteiger partial charge in [-0.2, -0.15) is 15.0 Å². The minimum Gasteiger partial charge on any atom is -0.463 e. The summed E-state index contributed by atoms with van der Waals surface area (Å²) in [7, 11) is 1.91. The molecule has 0 amide bonds. The van der Waals surface area contributed by atoms with Gasteiger partial charge >= 0.3 is 6.01 Å². The molecule has 0 unspecified atom stereocenters. The number of nitrogens with zero attached hydrogens (tertiary/aromatic N) is 4. The number of hydrogen-bond donors (Lipinski definition) is 2. The van der Waals surface area contributed by atoms with Crippen LogP contribution in [0, 0.1) is 0 Å². The molecule has 3 N–H and O–H groups in total. The van der Waals surface area contributed by atoms with Crippen molar-refractivity contribution in [1.82, 2.24) is 15.0 Å². The normalized spacial score (nSPS) is 10.5. The molecule has 21 heavy (non-hydrogen) atoms. The van der Waals surface area contributed by atoms with Crippen LogP contribution in [0.25, 0.3) is 0 Å². The summed E-state index contributed by atoms with van der Waals surface area (Å²) in [5, 5.41) is 2.08. The van der Waals surface area contributed by atoms with Crippen molar-refractivity contribution in [2.45, 2.75) is 19.9 Å². The van der Waals surface area contributed by atoms with Crippen LogP contribution >= 0.6 is 27.3 Å². The number of anilines is 2. The van der Waals surface area contributed by atoms with Gasteiger partial charge < -0.3 is 9.64 Å². The summed E-state index contributed by atoms with van der Waals surface area (Å²) in [6.45, 7) is 3.25. The fraction of sp³-hybridized carbons (Fsp3) is 0.417. The maximum atomic E-state index is 5.45. The fourth-order valence-electron chi connectivity index (χ4n) is 1.61. The van der Waals surface area contributed by atoms with Crippen LogP contribution in [0.4, 0.5) is 11.9 Å². The molecule has 9 heteroatoms. The van der Waals surface area contributed by atoms with Gasteiger partial charge in [0.05, 0.1) is 10.4 Å². The summed E-state index contributed by atoms with van der Waals surface area (Å²) in [4.78, 5) is 14.5. The number of halogens is 1. The molecule has 0 aliphatic heterocycles. The second kappa shape index (κ2) is 7.53. The summed E-state index contributed by atoms with van der Waals surface area (Å²) < 4.78 is 6.55. The van der Waals surface area contributed by atoms with Crippen molar-refractivity contribution >= 4 is 39.2 Å². The number of thiophene rings is 1. The summed E-state index contributed by atoms with van der Waals surface area (Å²) in [6.07, 6.45) is 0.880. The van der Waals surface area contributed by atoms with Crippen molar-refractivity contribution in [1.29, 1.82) is 0 Å². The van der Waals surface area contributed by atoms with Crippen LogP contribution in [0.1, 0.15) is 18.9 Å². The van der Waals surface area contributed by atoms with Crippen molar-refractivity contribution in [2.75, 3.05) is 24.0 Å². The predicted molar refractivity (Wildman–Crippen MR) is 87.5 cm³/mol. The predicted octanol–water partition coefficient (Wildman–Crippen LogP) is 2.41. The number of aromatic nitrogens is 3. The molecule has 2 aromatic rings. The first-order valence-electron chi connectivity index (χ1n) is 6.42. The molecule has 2 aromatic heterocycles. The summed E-state index contributed by atoms with van der Waals surface area (Å²) in [5.74, 6) is 6.18. The van der Waals surface area contributed by atoms with E-state index in [-0.39, 0.29) is 12.0 Å². The summed E-state index contributed by atoms with van der Waals surface area (Å²) >= 11 is 5.10.